The van der Waals surface area contributed by atoms with E-state index < -0.39 is 0 Å². The van der Waals surface area contributed by atoms with Crippen LogP contribution in [0.15, 0.2) is 54.2 Å². The SMILES string of the molecule is C=CCNC(N)=NCc1cn(-c2ccccc2)nc1C.I. The number of aryl methyl sites for hydroxylation is 1. The first-order valence-electron chi connectivity index (χ1n) is 6.46. The molecular weight excluding hydrogens is 377 g/mol. The Morgan fingerprint density at radius 3 is 2.81 bits per heavy atom. The molecule has 2 aromatic rings. The molecule has 0 aliphatic heterocycles. The first kappa shape index (κ1) is 17.2. The van der Waals surface area contributed by atoms with Gasteiger partial charge >= 0.3 is 0 Å². The van der Waals surface area contributed by atoms with Crippen LogP contribution in [-0.2, 0) is 6.54 Å². The number of para-hydroxylation sites is 1. The Labute approximate surface area is 142 Å². The van der Waals surface area contributed by atoms with E-state index in [9.17, 15) is 0 Å². The number of hydrogen-bond acceptors (Lipinski definition) is 2. The first-order chi connectivity index (χ1) is 9.70. The third-order valence-electron chi connectivity index (χ3n) is 2.87. The van der Waals surface area contributed by atoms with Gasteiger partial charge in [-0.3, -0.25) is 0 Å². The molecule has 0 unspecified atom stereocenters. The molecule has 5 nitrogen and oxygen atoms in total. The largest absolute Gasteiger partial charge is 0.370 e. The maximum absolute atomic E-state index is 5.74. The second-order valence-electron chi connectivity index (χ2n) is 4.39. The van der Waals surface area contributed by atoms with Crippen LogP contribution < -0.4 is 11.1 Å². The smallest absolute Gasteiger partial charge is 0.189 e. The zero-order valence-electron chi connectivity index (χ0n) is 12.0. The predicted octanol–water partition coefficient (Wildman–Crippen LogP) is 2.39. The molecule has 0 radical (unpaired) electrons. The molecule has 0 aliphatic rings. The highest BCUT2D eigenvalue weighted by Gasteiger charge is 2.05. The average Bonchev–Trinajstić information content (AvgIpc) is 2.85. The lowest BCUT2D eigenvalue weighted by molar-refractivity contribution is 0.863. The summed E-state index contributed by atoms with van der Waals surface area (Å²) in [7, 11) is 0. The summed E-state index contributed by atoms with van der Waals surface area (Å²) in [6.45, 7) is 6.70. The molecule has 21 heavy (non-hydrogen) atoms. The van der Waals surface area contributed by atoms with Crippen molar-refractivity contribution in [2.45, 2.75) is 13.5 Å². The lowest BCUT2D eigenvalue weighted by Gasteiger charge is -2.01. The summed E-state index contributed by atoms with van der Waals surface area (Å²) >= 11 is 0. The molecule has 0 fully saturated rings. The second kappa shape index (κ2) is 8.46. The minimum absolute atomic E-state index is 0. The third-order valence-corrected chi connectivity index (χ3v) is 2.87. The van der Waals surface area contributed by atoms with Gasteiger partial charge in [-0.05, 0) is 19.1 Å². The van der Waals surface area contributed by atoms with Crippen molar-refractivity contribution in [2.75, 3.05) is 6.54 Å². The van der Waals surface area contributed by atoms with Crippen LogP contribution in [0.5, 0.6) is 0 Å². The standard InChI is InChI=1S/C15H19N5.HI/c1-3-9-17-15(16)18-10-13-11-20(19-12(13)2)14-7-5-4-6-8-14;/h3-8,11H,1,9-10H2,2H3,(H3,16,17,18);1H. The lowest BCUT2D eigenvalue weighted by Crippen LogP contribution is -2.31. The van der Waals surface area contributed by atoms with Crippen LogP contribution in [0, 0.1) is 6.92 Å². The number of halogens is 1. The topological polar surface area (TPSA) is 68.2 Å². The van der Waals surface area contributed by atoms with Crippen molar-refractivity contribution in [1.82, 2.24) is 15.1 Å². The highest BCUT2D eigenvalue weighted by atomic mass is 127. The molecule has 0 spiro atoms. The molecular formula is C15H20IN5. The molecule has 0 bridgehead atoms. The van der Waals surface area contributed by atoms with Gasteiger partial charge in [0.25, 0.3) is 0 Å². The van der Waals surface area contributed by atoms with Gasteiger partial charge in [0.15, 0.2) is 5.96 Å². The van der Waals surface area contributed by atoms with Gasteiger partial charge in [-0.2, -0.15) is 5.10 Å². The fourth-order valence-corrected chi connectivity index (χ4v) is 1.77. The summed E-state index contributed by atoms with van der Waals surface area (Å²) < 4.78 is 1.85. The van der Waals surface area contributed by atoms with Crippen LogP contribution in [0.25, 0.3) is 5.69 Å². The van der Waals surface area contributed by atoms with Crippen molar-refractivity contribution >= 4 is 29.9 Å². The van der Waals surface area contributed by atoms with E-state index >= 15 is 0 Å². The van der Waals surface area contributed by atoms with Crippen molar-refractivity contribution in [1.29, 1.82) is 0 Å². The van der Waals surface area contributed by atoms with Crippen molar-refractivity contribution in [3.63, 3.8) is 0 Å². The van der Waals surface area contributed by atoms with Crippen LogP contribution in [-0.4, -0.2) is 22.3 Å². The van der Waals surface area contributed by atoms with E-state index in [0.29, 0.717) is 19.0 Å². The van der Waals surface area contributed by atoms with Gasteiger partial charge in [0, 0.05) is 18.3 Å². The quantitative estimate of drug-likeness (QED) is 0.352. The minimum atomic E-state index is 0. The Morgan fingerprint density at radius 1 is 1.43 bits per heavy atom. The summed E-state index contributed by atoms with van der Waals surface area (Å²) in [5.74, 6) is 0.414. The van der Waals surface area contributed by atoms with Gasteiger partial charge in [0.2, 0.25) is 0 Å². The lowest BCUT2D eigenvalue weighted by atomic mass is 10.3. The summed E-state index contributed by atoms with van der Waals surface area (Å²) in [5.41, 5.74) is 8.78. The van der Waals surface area contributed by atoms with Crippen LogP contribution >= 0.6 is 24.0 Å². The number of nitrogens with two attached hydrogens (primary N) is 1. The van der Waals surface area contributed by atoms with Crippen LogP contribution in [0.3, 0.4) is 0 Å². The number of guanidine groups is 1. The molecule has 1 aromatic heterocycles. The molecule has 1 aromatic carbocycles. The molecule has 0 saturated carbocycles. The van der Waals surface area contributed by atoms with Gasteiger partial charge in [-0.15, -0.1) is 30.6 Å². The van der Waals surface area contributed by atoms with E-state index in [1.54, 1.807) is 6.08 Å². The van der Waals surface area contributed by atoms with Crippen molar-refractivity contribution < 1.29 is 0 Å². The highest BCUT2D eigenvalue weighted by Crippen LogP contribution is 2.12. The first-order valence-corrected chi connectivity index (χ1v) is 6.46. The van der Waals surface area contributed by atoms with E-state index in [2.05, 4.69) is 22.0 Å². The Balaban J connectivity index is 0.00000220. The monoisotopic (exact) mass is 397 g/mol. The number of nitrogens with zero attached hydrogens (tertiary/aromatic N) is 3. The van der Waals surface area contributed by atoms with Gasteiger partial charge in [-0.1, -0.05) is 24.3 Å². The fourth-order valence-electron chi connectivity index (χ4n) is 1.77. The molecule has 2 rings (SSSR count). The summed E-state index contributed by atoms with van der Waals surface area (Å²) in [5, 5.41) is 7.43. The fraction of sp³-hybridized carbons (Fsp3) is 0.200. The number of rotatable bonds is 5. The molecule has 3 N–H and O–H groups in total. The number of nitrogens with one attached hydrogen (secondary N) is 1. The van der Waals surface area contributed by atoms with Crippen molar-refractivity contribution in [2.24, 2.45) is 10.7 Å². The van der Waals surface area contributed by atoms with E-state index in [1.165, 1.54) is 0 Å². The van der Waals surface area contributed by atoms with Gasteiger partial charge in [-0.25, -0.2) is 9.67 Å². The zero-order valence-corrected chi connectivity index (χ0v) is 14.3. The number of aromatic nitrogens is 2. The Kier molecular flexibility index (Phi) is 6.93. The molecule has 6 heteroatoms. The van der Waals surface area contributed by atoms with Gasteiger partial charge in [0.05, 0.1) is 17.9 Å². The maximum atomic E-state index is 5.74. The molecule has 0 amide bonds. The van der Waals surface area contributed by atoms with Crippen LogP contribution in [0.2, 0.25) is 0 Å². The van der Waals surface area contributed by atoms with Crippen LogP contribution in [0.4, 0.5) is 0 Å². The Bertz CT molecular complexity index is 604. The van der Waals surface area contributed by atoms with E-state index in [-0.39, 0.29) is 24.0 Å². The van der Waals surface area contributed by atoms with E-state index in [0.717, 1.165) is 16.9 Å². The molecule has 1 heterocycles. The number of hydrogen-bond donors (Lipinski definition) is 2. The van der Waals surface area contributed by atoms with Crippen LogP contribution in [0.1, 0.15) is 11.3 Å². The summed E-state index contributed by atoms with van der Waals surface area (Å²) in [6.07, 6.45) is 3.72. The predicted molar refractivity (Wildman–Crippen MR) is 97.2 cm³/mol. The van der Waals surface area contributed by atoms with E-state index in [4.69, 9.17) is 5.73 Å². The maximum Gasteiger partial charge on any atom is 0.189 e. The average molecular weight is 397 g/mol. The summed E-state index contributed by atoms with van der Waals surface area (Å²) in [6, 6.07) is 9.98. The number of benzene rings is 1. The van der Waals surface area contributed by atoms with Crippen molar-refractivity contribution in [3.05, 3.63) is 60.4 Å². The Hall–Kier alpha value is -1.83. The summed E-state index contributed by atoms with van der Waals surface area (Å²) in [4.78, 5) is 4.28. The minimum Gasteiger partial charge on any atom is -0.370 e. The van der Waals surface area contributed by atoms with Gasteiger partial charge in [0.1, 0.15) is 0 Å². The van der Waals surface area contributed by atoms with Crippen molar-refractivity contribution in [3.8, 4) is 5.69 Å². The zero-order chi connectivity index (χ0) is 14.4. The Morgan fingerprint density at radius 2 is 2.14 bits per heavy atom. The molecule has 0 atom stereocenters. The second-order valence-corrected chi connectivity index (χ2v) is 4.39. The van der Waals surface area contributed by atoms with Gasteiger partial charge < -0.3 is 11.1 Å². The molecule has 112 valence electrons. The molecule has 0 aliphatic carbocycles. The third kappa shape index (κ3) is 4.89. The van der Waals surface area contributed by atoms with E-state index in [1.807, 2.05) is 48.1 Å². The normalized spacial score (nSPS) is 10.8. The number of aliphatic imine (C=N–C) groups is 1. The highest BCUT2D eigenvalue weighted by molar-refractivity contribution is 14.0. The molecule has 0 saturated heterocycles.